The number of ether oxygens (including phenoxy) is 1. The molecule has 0 fully saturated rings. The number of carbonyl (C=O) groups excluding carboxylic acids is 1. The van der Waals surface area contributed by atoms with Crippen molar-refractivity contribution in [1.82, 2.24) is 4.98 Å². The number of carbonyl (C=O) groups is 1. The first-order chi connectivity index (χ1) is 9.74. The molecule has 2 aromatic rings. The smallest absolute Gasteiger partial charge is 0.317 e. The van der Waals surface area contributed by atoms with Gasteiger partial charge in [0.05, 0.1) is 0 Å². The number of H-pyrrole nitrogens is 1. The van der Waals surface area contributed by atoms with Crippen molar-refractivity contribution < 1.29 is 22.5 Å². The number of benzene rings is 1. The number of rotatable bonds is 3. The molecule has 0 amide bonds. The normalized spacial score (nSPS) is 12.7. The third-order valence-corrected chi connectivity index (χ3v) is 3.26. The van der Waals surface area contributed by atoms with Gasteiger partial charge in [-0.2, -0.15) is 8.78 Å². The maximum atomic E-state index is 12.1. The van der Waals surface area contributed by atoms with E-state index in [0.717, 1.165) is 10.9 Å². The predicted octanol–water partition coefficient (Wildman–Crippen LogP) is 3.46. The molecule has 0 aliphatic heterocycles. The molecule has 1 N–H and O–H groups in total. The Morgan fingerprint density at radius 3 is 2.33 bits per heavy atom. The number of aromatic nitrogens is 1. The van der Waals surface area contributed by atoms with Gasteiger partial charge in [0.2, 0.25) is 0 Å². The molecule has 0 saturated carbocycles. The van der Waals surface area contributed by atoms with Crippen molar-refractivity contribution in [3.8, 4) is 0 Å². The van der Waals surface area contributed by atoms with Gasteiger partial charge in [0.25, 0.3) is 6.47 Å². The van der Waals surface area contributed by atoms with E-state index < -0.39 is 16.6 Å². The lowest BCUT2D eigenvalue weighted by molar-refractivity contribution is -0.138. The van der Waals surface area contributed by atoms with E-state index in [4.69, 9.17) is 0 Å². The van der Waals surface area contributed by atoms with Gasteiger partial charge in [0.15, 0.2) is 0 Å². The predicted molar refractivity (Wildman–Crippen MR) is 77.6 cm³/mol. The summed E-state index contributed by atoms with van der Waals surface area (Å²) in [7, 11) is -2.26. The molecule has 21 heavy (non-hydrogen) atoms. The zero-order valence-electron chi connectivity index (χ0n) is 11.9. The van der Waals surface area contributed by atoms with Gasteiger partial charge in [0.1, 0.15) is 21.4 Å². The first-order valence-corrected chi connectivity index (χ1v) is 7.34. The lowest BCUT2D eigenvalue weighted by Gasteiger charge is -2.14. The fourth-order valence-electron chi connectivity index (χ4n) is 1.40. The second-order valence-electron chi connectivity index (χ2n) is 5.11. The first kappa shape index (κ1) is 17.3. The summed E-state index contributed by atoms with van der Waals surface area (Å²) >= 11 is 0. The molecule has 1 heterocycles. The summed E-state index contributed by atoms with van der Waals surface area (Å²) in [5, 5.41) is 0.859. The average molecular weight is 317 g/mol. The molecule has 4 nitrogen and oxygen atoms in total. The summed E-state index contributed by atoms with van der Waals surface area (Å²) in [6, 6.07) is 8.59. The third-order valence-electron chi connectivity index (χ3n) is 2.29. The van der Waals surface area contributed by atoms with Crippen LogP contribution in [-0.2, 0) is 20.3 Å². The molecule has 7 heteroatoms. The van der Waals surface area contributed by atoms with E-state index in [1.54, 1.807) is 24.3 Å². The van der Waals surface area contributed by atoms with E-state index in [2.05, 4.69) is 9.72 Å². The van der Waals surface area contributed by atoms with Crippen LogP contribution >= 0.6 is 0 Å². The Morgan fingerprint density at radius 2 is 1.90 bits per heavy atom. The van der Waals surface area contributed by atoms with Crippen molar-refractivity contribution in [3.63, 3.8) is 0 Å². The van der Waals surface area contributed by atoms with Crippen LogP contribution in [0.1, 0.15) is 20.8 Å². The number of hydrogen-bond donors (Lipinski definition) is 1. The molecular weight excluding hydrogens is 300 g/mol. The molecule has 0 spiro atoms. The van der Waals surface area contributed by atoms with Gasteiger partial charge < -0.3 is 9.72 Å². The quantitative estimate of drug-likeness (QED) is 0.882. The van der Waals surface area contributed by atoms with Gasteiger partial charge in [-0.15, -0.1) is 0 Å². The lowest BCUT2D eigenvalue weighted by atomic mass is 10.2. The van der Waals surface area contributed by atoms with Crippen molar-refractivity contribution in [2.75, 3.05) is 0 Å². The number of halogens is 2. The van der Waals surface area contributed by atoms with E-state index in [-0.39, 0.29) is 10.6 Å². The molecule has 1 atom stereocenters. The van der Waals surface area contributed by atoms with E-state index in [1.807, 2.05) is 20.8 Å². The second-order valence-corrected chi connectivity index (χ2v) is 6.50. The zero-order chi connectivity index (χ0) is 16.0. The molecule has 116 valence electrons. The Morgan fingerprint density at radius 1 is 1.29 bits per heavy atom. The van der Waals surface area contributed by atoms with Crippen molar-refractivity contribution in [3.05, 3.63) is 30.3 Å². The monoisotopic (exact) mass is 317 g/mol. The van der Waals surface area contributed by atoms with Crippen LogP contribution in [0.2, 0.25) is 0 Å². The second kappa shape index (κ2) is 7.31. The molecule has 0 aliphatic rings. The molecule has 0 saturated heterocycles. The fraction of sp³-hybridized carbons (Fsp3) is 0.357. The van der Waals surface area contributed by atoms with Gasteiger partial charge in [0, 0.05) is 10.9 Å². The number of alkyl halides is 2. The Kier molecular flexibility index (Phi) is 6.02. The van der Waals surface area contributed by atoms with Gasteiger partial charge in [-0.25, -0.2) is 4.21 Å². The molecule has 1 aromatic carbocycles. The molecule has 2 rings (SSSR count). The largest absolute Gasteiger partial charge is 0.462 e. The highest BCUT2D eigenvalue weighted by molar-refractivity contribution is 7.85. The van der Waals surface area contributed by atoms with Crippen LogP contribution in [0.3, 0.4) is 0 Å². The maximum absolute atomic E-state index is 12.1. The lowest BCUT2D eigenvalue weighted by Crippen LogP contribution is -2.17. The first-order valence-electron chi connectivity index (χ1n) is 6.12. The van der Waals surface area contributed by atoms with Crippen LogP contribution in [0.5, 0.6) is 0 Å². The van der Waals surface area contributed by atoms with Gasteiger partial charge in [-0.3, -0.25) is 4.79 Å². The molecular formula is C14H17F2NO3S. The fourth-order valence-corrected chi connectivity index (χ4v) is 2.04. The molecule has 0 bridgehead atoms. The number of aromatic amines is 1. The summed E-state index contributed by atoms with van der Waals surface area (Å²) in [4.78, 5) is 12.3. The van der Waals surface area contributed by atoms with E-state index >= 15 is 0 Å². The number of hydrogen-bond acceptors (Lipinski definition) is 3. The topological polar surface area (TPSA) is 59.2 Å². The Hall–Kier alpha value is -1.76. The van der Waals surface area contributed by atoms with Crippen LogP contribution < -0.4 is 0 Å². The Labute approximate surface area is 123 Å². The van der Waals surface area contributed by atoms with Crippen molar-refractivity contribution >= 4 is 28.2 Å². The van der Waals surface area contributed by atoms with Crippen LogP contribution in [-0.4, -0.2) is 27.0 Å². The summed E-state index contributed by atoms with van der Waals surface area (Å²) in [5.41, 5.74) is 0.401. The highest BCUT2D eigenvalue weighted by Gasteiger charge is 2.17. The summed E-state index contributed by atoms with van der Waals surface area (Å²) in [6.45, 7) is 5.92. The highest BCUT2D eigenvalue weighted by atomic mass is 32.2. The molecule has 0 aliphatic carbocycles. The van der Waals surface area contributed by atoms with Crippen LogP contribution in [0.15, 0.2) is 35.4 Å². The zero-order valence-corrected chi connectivity index (χ0v) is 12.7. The molecule has 0 radical (unpaired) electrons. The van der Waals surface area contributed by atoms with Gasteiger partial charge >= 0.3 is 5.76 Å². The van der Waals surface area contributed by atoms with E-state index in [1.165, 1.54) is 6.07 Å². The summed E-state index contributed by atoms with van der Waals surface area (Å²) in [5.74, 6) is -2.84. The van der Waals surface area contributed by atoms with Gasteiger partial charge in [-0.1, -0.05) is 18.2 Å². The van der Waals surface area contributed by atoms with Crippen molar-refractivity contribution in [1.29, 1.82) is 0 Å². The number of fused-ring (bicyclic) bond motifs is 1. The standard InChI is InChI=1S/C9H7F2NOS.C5H10O2/c10-9(11)14(13)8-5-6-3-1-2-4-7(6)12-8;1-5(2,3)7-4-6/h1-5,9,12H;4H,1-3H3. The van der Waals surface area contributed by atoms with E-state index in [9.17, 15) is 17.8 Å². The van der Waals surface area contributed by atoms with Crippen LogP contribution in [0, 0.1) is 0 Å². The van der Waals surface area contributed by atoms with Gasteiger partial charge in [-0.05, 0) is 32.9 Å². The Balaban J connectivity index is 0.000000270. The maximum Gasteiger partial charge on any atom is 0.317 e. The number of para-hydroxylation sites is 1. The minimum absolute atomic E-state index is 0.0706. The van der Waals surface area contributed by atoms with Crippen molar-refractivity contribution in [2.24, 2.45) is 0 Å². The minimum atomic E-state index is -2.84. The van der Waals surface area contributed by atoms with Crippen molar-refractivity contribution in [2.45, 2.75) is 37.2 Å². The Bertz CT molecular complexity index is 587. The number of nitrogens with one attached hydrogen (secondary N) is 1. The SMILES string of the molecule is CC(C)(C)OC=O.O=S(c1cc2ccccc2[nH]1)C(F)F. The summed E-state index contributed by atoms with van der Waals surface area (Å²) < 4.78 is 39.8. The minimum Gasteiger partial charge on any atom is -0.462 e. The van der Waals surface area contributed by atoms with Crippen LogP contribution in [0.25, 0.3) is 10.9 Å². The highest BCUT2D eigenvalue weighted by Crippen LogP contribution is 2.19. The average Bonchev–Trinajstić information content (AvgIpc) is 2.80. The van der Waals surface area contributed by atoms with Crippen LogP contribution in [0.4, 0.5) is 8.78 Å². The molecule has 1 aromatic heterocycles. The molecule has 1 unspecified atom stereocenters. The third kappa shape index (κ3) is 5.63. The summed E-state index contributed by atoms with van der Waals surface area (Å²) in [6.07, 6.45) is 0. The van der Waals surface area contributed by atoms with E-state index in [0.29, 0.717) is 6.47 Å².